The van der Waals surface area contributed by atoms with Crippen LogP contribution >= 0.6 is 0 Å². The summed E-state index contributed by atoms with van der Waals surface area (Å²) in [4.78, 5) is 11.1. The summed E-state index contributed by atoms with van der Waals surface area (Å²) in [7, 11) is 0. The maximum absolute atomic E-state index is 4.42. The first-order valence-electron chi connectivity index (χ1n) is 6.35. The zero-order valence-electron chi connectivity index (χ0n) is 9.89. The molecule has 0 saturated heterocycles. The number of nitrogens with zero attached hydrogens (tertiary/aromatic N) is 3. The van der Waals surface area contributed by atoms with Crippen LogP contribution in [0.2, 0.25) is 0 Å². The average Bonchev–Trinajstić information content (AvgIpc) is 3.11. The van der Waals surface area contributed by atoms with Gasteiger partial charge in [-0.3, -0.25) is 0 Å². The van der Waals surface area contributed by atoms with Gasteiger partial charge < -0.3 is 4.90 Å². The molecule has 0 aliphatic heterocycles. The van der Waals surface area contributed by atoms with Crippen molar-refractivity contribution in [3.05, 3.63) is 18.1 Å². The molecule has 0 unspecified atom stereocenters. The van der Waals surface area contributed by atoms with E-state index in [-0.39, 0.29) is 0 Å². The van der Waals surface area contributed by atoms with Crippen LogP contribution in [0, 0.1) is 18.8 Å². The molecule has 2 aliphatic rings. The number of hydrogen-bond donors (Lipinski definition) is 0. The maximum Gasteiger partial charge on any atom is 0.132 e. The molecule has 0 amide bonds. The van der Waals surface area contributed by atoms with E-state index in [1.165, 1.54) is 38.8 Å². The van der Waals surface area contributed by atoms with Crippen molar-refractivity contribution in [3.63, 3.8) is 0 Å². The van der Waals surface area contributed by atoms with Crippen molar-refractivity contribution in [2.45, 2.75) is 32.6 Å². The lowest BCUT2D eigenvalue weighted by Gasteiger charge is -2.23. The summed E-state index contributed by atoms with van der Waals surface area (Å²) in [5, 5.41) is 0. The minimum absolute atomic E-state index is 0.925. The molecule has 3 rings (SSSR count). The Hall–Kier alpha value is -1.12. The van der Waals surface area contributed by atoms with Crippen molar-refractivity contribution in [3.8, 4) is 0 Å². The number of aromatic nitrogens is 2. The lowest BCUT2D eigenvalue weighted by molar-refractivity contribution is 0.670. The van der Waals surface area contributed by atoms with Crippen molar-refractivity contribution < 1.29 is 0 Å². The molecular weight excluding hydrogens is 198 g/mol. The Morgan fingerprint density at radius 3 is 2.25 bits per heavy atom. The van der Waals surface area contributed by atoms with Gasteiger partial charge in [0.05, 0.1) is 0 Å². The highest BCUT2D eigenvalue weighted by Gasteiger charge is 2.29. The molecule has 1 aromatic rings. The predicted molar refractivity (Wildman–Crippen MR) is 64.4 cm³/mol. The van der Waals surface area contributed by atoms with Crippen LogP contribution in [0.1, 0.15) is 31.4 Å². The second kappa shape index (κ2) is 4.04. The van der Waals surface area contributed by atoms with E-state index in [0.717, 1.165) is 23.3 Å². The van der Waals surface area contributed by atoms with E-state index >= 15 is 0 Å². The van der Waals surface area contributed by atoms with Gasteiger partial charge in [0.1, 0.15) is 12.1 Å². The smallest absolute Gasteiger partial charge is 0.132 e. The zero-order chi connectivity index (χ0) is 11.0. The molecule has 16 heavy (non-hydrogen) atoms. The monoisotopic (exact) mass is 217 g/mol. The Morgan fingerprint density at radius 2 is 1.75 bits per heavy atom. The van der Waals surface area contributed by atoms with Crippen molar-refractivity contribution in [1.29, 1.82) is 0 Å². The highest BCUT2D eigenvalue weighted by atomic mass is 15.2. The third-order valence-corrected chi connectivity index (χ3v) is 3.46. The fourth-order valence-corrected chi connectivity index (χ4v) is 2.10. The number of hydrogen-bond acceptors (Lipinski definition) is 3. The summed E-state index contributed by atoms with van der Waals surface area (Å²) in [5.41, 5.74) is 1.07. The third-order valence-electron chi connectivity index (χ3n) is 3.46. The third kappa shape index (κ3) is 2.52. The molecule has 0 radical (unpaired) electrons. The van der Waals surface area contributed by atoms with Gasteiger partial charge in [0.15, 0.2) is 0 Å². The van der Waals surface area contributed by atoms with Crippen molar-refractivity contribution in [2.75, 3.05) is 18.0 Å². The summed E-state index contributed by atoms with van der Waals surface area (Å²) >= 11 is 0. The van der Waals surface area contributed by atoms with Gasteiger partial charge in [0.2, 0.25) is 0 Å². The number of aryl methyl sites for hydroxylation is 1. The molecule has 3 heteroatoms. The Kier molecular flexibility index (Phi) is 2.54. The summed E-state index contributed by atoms with van der Waals surface area (Å²) in [6.45, 7) is 4.44. The highest BCUT2D eigenvalue weighted by molar-refractivity contribution is 5.39. The van der Waals surface area contributed by atoms with Crippen LogP contribution in [0.3, 0.4) is 0 Å². The van der Waals surface area contributed by atoms with Crippen molar-refractivity contribution >= 4 is 5.82 Å². The van der Waals surface area contributed by atoms with Crippen LogP contribution in [-0.4, -0.2) is 23.1 Å². The first-order chi connectivity index (χ1) is 7.81. The zero-order valence-corrected chi connectivity index (χ0v) is 9.89. The quantitative estimate of drug-likeness (QED) is 0.758. The van der Waals surface area contributed by atoms with Crippen LogP contribution in [0.25, 0.3) is 0 Å². The molecule has 0 bridgehead atoms. The summed E-state index contributed by atoms with van der Waals surface area (Å²) in [6.07, 6.45) is 7.32. The van der Waals surface area contributed by atoms with Gasteiger partial charge in [-0.1, -0.05) is 0 Å². The largest absolute Gasteiger partial charge is 0.356 e. The average molecular weight is 217 g/mol. The molecule has 2 fully saturated rings. The fraction of sp³-hybridized carbons (Fsp3) is 0.692. The van der Waals surface area contributed by atoms with E-state index in [1.54, 1.807) is 6.33 Å². The second-order valence-corrected chi connectivity index (χ2v) is 5.31. The molecule has 1 aromatic heterocycles. The molecule has 0 spiro atoms. The minimum Gasteiger partial charge on any atom is -0.356 e. The molecule has 86 valence electrons. The highest BCUT2D eigenvalue weighted by Crippen LogP contribution is 2.35. The van der Waals surface area contributed by atoms with E-state index in [9.17, 15) is 0 Å². The van der Waals surface area contributed by atoms with E-state index in [2.05, 4.69) is 20.9 Å². The Balaban J connectivity index is 1.73. The van der Waals surface area contributed by atoms with Crippen LogP contribution in [0.15, 0.2) is 12.4 Å². The molecule has 0 aromatic carbocycles. The SMILES string of the molecule is Cc1cc(N(CC2CC2)CC2CC2)ncn1. The summed E-state index contributed by atoms with van der Waals surface area (Å²) < 4.78 is 0. The van der Waals surface area contributed by atoms with E-state index < -0.39 is 0 Å². The lowest BCUT2D eigenvalue weighted by Crippen LogP contribution is -2.29. The van der Waals surface area contributed by atoms with E-state index in [1.807, 2.05) is 6.92 Å². The molecule has 2 saturated carbocycles. The molecular formula is C13H19N3. The Bertz CT molecular complexity index is 355. The predicted octanol–water partition coefficient (Wildman–Crippen LogP) is 2.41. The first-order valence-corrected chi connectivity index (χ1v) is 6.35. The lowest BCUT2D eigenvalue weighted by atomic mass is 10.3. The molecule has 2 aliphatic carbocycles. The topological polar surface area (TPSA) is 29.0 Å². The van der Waals surface area contributed by atoms with E-state index in [0.29, 0.717) is 0 Å². The van der Waals surface area contributed by atoms with Crippen LogP contribution < -0.4 is 4.90 Å². The van der Waals surface area contributed by atoms with Gasteiger partial charge >= 0.3 is 0 Å². The van der Waals surface area contributed by atoms with Crippen LogP contribution in [0.4, 0.5) is 5.82 Å². The summed E-state index contributed by atoms with van der Waals surface area (Å²) in [6, 6.07) is 2.12. The van der Waals surface area contributed by atoms with Gasteiger partial charge in [0, 0.05) is 24.8 Å². The molecule has 1 heterocycles. The summed E-state index contributed by atoms with van der Waals surface area (Å²) in [5.74, 6) is 2.98. The maximum atomic E-state index is 4.42. The van der Waals surface area contributed by atoms with E-state index in [4.69, 9.17) is 0 Å². The van der Waals surface area contributed by atoms with Gasteiger partial charge in [-0.05, 0) is 44.4 Å². The normalized spacial score (nSPS) is 19.8. The Morgan fingerprint density at radius 1 is 1.12 bits per heavy atom. The van der Waals surface area contributed by atoms with Gasteiger partial charge in [-0.15, -0.1) is 0 Å². The molecule has 0 atom stereocenters. The first kappa shape index (κ1) is 10.1. The number of rotatable bonds is 5. The van der Waals surface area contributed by atoms with Crippen LogP contribution in [0.5, 0.6) is 0 Å². The Labute approximate surface area is 96.9 Å². The van der Waals surface area contributed by atoms with Crippen molar-refractivity contribution in [1.82, 2.24) is 9.97 Å². The van der Waals surface area contributed by atoms with Gasteiger partial charge in [0.25, 0.3) is 0 Å². The van der Waals surface area contributed by atoms with Gasteiger partial charge in [-0.25, -0.2) is 9.97 Å². The standard InChI is InChI=1S/C13H19N3/c1-10-6-13(15-9-14-10)16(7-11-2-3-11)8-12-4-5-12/h6,9,11-12H,2-5,7-8H2,1H3. The van der Waals surface area contributed by atoms with Crippen molar-refractivity contribution in [2.24, 2.45) is 11.8 Å². The van der Waals surface area contributed by atoms with Gasteiger partial charge in [-0.2, -0.15) is 0 Å². The number of anilines is 1. The molecule has 3 nitrogen and oxygen atoms in total. The molecule has 0 N–H and O–H groups in total. The second-order valence-electron chi connectivity index (χ2n) is 5.31. The fourth-order valence-electron chi connectivity index (χ4n) is 2.10. The van der Waals surface area contributed by atoms with Crippen LogP contribution in [-0.2, 0) is 0 Å². The minimum atomic E-state index is 0.925.